The van der Waals surface area contributed by atoms with E-state index in [4.69, 9.17) is 4.74 Å². The molecule has 3 heterocycles. The van der Waals surface area contributed by atoms with E-state index in [0.29, 0.717) is 6.54 Å². The third-order valence-electron chi connectivity index (χ3n) is 7.42. The molecule has 0 atom stereocenters. The van der Waals surface area contributed by atoms with Crippen LogP contribution in [-0.2, 0) is 16.8 Å². The second kappa shape index (κ2) is 9.12. The molecule has 0 radical (unpaired) electrons. The van der Waals surface area contributed by atoms with Gasteiger partial charge >= 0.3 is 0 Å². The predicted octanol–water partition coefficient (Wildman–Crippen LogP) is 2.68. The lowest BCUT2D eigenvalue weighted by Gasteiger charge is -2.45. The van der Waals surface area contributed by atoms with Crippen molar-refractivity contribution in [2.24, 2.45) is 0 Å². The Hall–Kier alpha value is -1.83. The smallest absolute Gasteiger partial charge is 0.172 e. The molecule has 7 nitrogen and oxygen atoms in total. The van der Waals surface area contributed by atoms with Crippen molar-refractivity contribution >= 4 is 0 Å². The fourth-order valence-corrected chi connectivity index (χ4v) is 5.79. The van der Waals surface area contributed by atoms with Crippen molar-refractivity contribution in [1.29, 1.82) is 0 Å². The molecule has 0 N–H and O–H groups in total. The van der Waals surface area contributed by atoms with E-state index in [-0.39, 0.29) is 5.54 Å². The Balaban J connectivity index is 1.39. The monoisotopic (exact) mass is 410 g/mol. The van der Waals surface area contributed by atoms with E-state index < -0.39 is 0 Å². The Morgan fingerprint density at radius 3 is 2.53 bits per heavy atom. The van der Waals surface area contributed by atoms with Crippen LogP contribution in [0.15, 0.2) is 30.3 Å². The molecule has 5 rings (SSSR count). The SMILES string of the molecule is c1ccc(Cn2nnnc2C2(N3CCCN(C4CCCC4)CC3)CCOCC2)cc1. The molecule has 2 aromatic rings. The van der Waals surface area contributed by atoms with E-state index in [1.54, 1.807) is 0 Å². The third kappa shape index (κ3) is 4.03. The molecule has 7 heteroatoms. The van der Waals surface area contributed by atoms with Crippen LogP contribution in [-0.4, -0.2) is 75.4 Å². The lowest BCUT2D eigenvalue weighted by atomic mass is 9.86. The van der Waals surface area contributed by atoms with E-state index in [2.05, 4.69) is 55.7 Å². The maximum atomic E-state index is 5.79. The van der Waals surface area contributed by atoms with Crippen LogP contribution in [0.5, 0.6) is 0 Å². The first-order valence-corrected chi connectivity index (χ1v) is 11.7. The summed E-state index contributed by atoms with van der Waals surface area (Å²) in [7, 11) is 0. The fourth-order valence-electron chi connectivity index (χ4n) is 5.79. The highest BCUT2D eigenvalue weighted by atomic mass is 16.5. The average molecular weight is 411 g/mol. The Morgan fingerprint density at radius 1 is 0.933 bits per heavy atom. The zero-order valence-electron chi connectivity index (χ0n) is 18.0. The fraction of sp³-hybridized carbons (Fsp3) is 0.696. The summed E-state index contributed by atoms with van der Waals surface area (Å²) < 4.78 is 7.82. The molecule has 3 fully saturated rings. The molecule has 30 heavy (non-hydrogen) atoms. The molecular formula is C23H34N6O. The Bertz CT molecular complexity index is 797. The molecule has 0 amide bonds. The summed E-state index contributed by atoms with van der Waals surface area (Å²) in [6, 6.07) is 11.3. The number of aromatic nitrogens is 4. The first kappa shape index (κ1) is 20.1. The number of nitrogens with zero attached hydrogens (tertiary/aromatic N) is 6. The van der Waals surface area contributed by atoms with Gasteiger partial charge in [-0.25, -0.2) is 4.68 Å². The van der Waals surface area contributed by atoms with Crippen LogP contribution in [0.4, 0.5) is 0 Å². The summed E-state index contributed by atoms with van der Waals surface area (Å²) in [5.74, 6) is 1.02. The number of hydrogen-bond acceptors (Lipinski definition) is 6. The maximum Gasteiger partial charge on any atom is 0.172 e. The van der Waals surface area contributed by atoms with Crippen LogP contribution in [0.2, 0.25) is 0 Å². The van der Waals surface area contributed by atoms with Crippen molar-refractivity contribution in [3.05, 3.63) is 41.7 Å². The summed E-state index contributed by atoms with van der Waals surface area (Å²) in [6.45, 7) is 6.86. The van der Waals surface area contributed by atoms with Gasteiger partial charge < -0.3 is 4.74 Å². The average Bonchev–Trinajstić information content (AvgIpc) is 3.43. The van der Waals surface area contributed by atoms with Gasteiger partial charge in [0.15, 0.2) is 5.82 Å². The van der Waals surface area contributed by atoms with Crippen molar-refractivity contribution in [2.45, 2.75) is 63.1 Å². The van der Waals surface area contributed by atoms with Crippen LogP contribution in [0.1, 0.15) is 56.3 Å². The van der Waals surface area contributed by atoms with Crippen molar-refractivity contribution in [2.75, 3.05) is 39.4 Å². The normalized spacial score (nSPS) is 24.1. The largest absolute Gasteiger partial charge is 0.381 e. The number of rotatable bonds is 5. The third-order valence-corrected chi connectivity index (χ3v) is 7.42. The van der Waals surface area contributed by atoms with E-state index >= 15 is 0 Å². The van der Waals surface area contributed by atoms with Gasteiger partial charge in [0.1, 0.15) is 0 Å². The second-order valence-corrected chi connectivity index (χ2v) is 9.10. The minimum Gasteiger partial charge on any atom is -0.381 e. The number of hydrogen-bond donors (Lipinski definition) is 0. The van der Waals surface area contributed by atoms with Crippen LogP contribution >= 0.6 is 0 Å². The highest BCUT2D eigenvalue weighted by Gasteiger charge is 2.45. The summed E-state index contributed by atoms with van der Waals surface area (Å²) in [4.78, 5) is 5.45. The Labute approximate surface area is 179 Å². The van der Waals surface area contributed by atoms with Gasteiger partial charge in [-0.2, -0.15) is 0 Å². The molecule has 1 saturated carbocycles. The van der Waals surface area contributed by atoms with Crippen LogP contribution in [0, 0.1) is 0 Å². The van der Waals surface area contributed by atoms with Crippen molar-refractivity contribution in [3.8, 4) is 0 Å². The van der Waals surface area contributed by atoms with Crippen LogP contribution < -0.4 is 0 Å². The van der Waals surface area contributed by atoms with E-state index in [1.807, 2.05) is 4.68 Å². The minimum absolute atomic E-state index is 0.123. The Morgan fingerprint density at radius 2 is 1.73 bits per heavy atom. The van der Waals surface area contributed by atoms with Crippen LogP contribution in [0.25, 0.3) is 0 Å². The first-order valence-electron chi connectivity index (χ1n) is 11.7. The van der Waals surface area contributed by atoms with Gasteiger partial charge in [0.2, 0.25) is 0 Å². The van der Waals surface area contributed by atoms with Gasteiger partial charge in [0.25, 0.3) is 0 Å². The molecule has 1 aromatic heterocycles. The maximum absolute atomic E-state index is 5.79. The zero-order valence-corrected chi connectivity index (χ0v) is 18.0. The molecule has 162 valence electrons. The number of ether oxygens (including phenoxy) is 1. The van der Waals surface area contributed by atoms with Crippen molar-refractivity contribution < 1.29 is 4.74 Å². The minimum atomic E-state index is -0.123. The van der Waals surface area contributed by atoms with Gasteiger partial charge in [-0.3, -0.25) is 9.80 Å². The molecule has 0 spiro atoms. The molecule has 1 aromatic carbocycles. The van der Waals surface area contributed by atoms with Gasteiger partial charge in [-0.15, -0.1) is 5.10 Å². The molecule has 3 aliphatic rings. The molecule has 1 aliphatic carbocycles. The summed E-state index contributed by atoms with van der Waals surface area (Å²) in [6.07, 6.45) is 8.72. The second-order valence-electron chi connectivity index (χ2n) is 9.10. The van der Waals surface area contributed by atoms with Crippen LogP contribution in [0.3, 0.4) is 0 Å². The van der Waals surface area contributed by atoms with Crippen molar-refractivity contribution in [1.82, 2.24) is 30.0 Å². The van der Waals surface area contributed by atoms with Gasteiger partial charge in [-0.05, 0) is 54.6 Å². The van der Waals surface area contributed by atoms with E-state index in [0.717, 1.165) is 57.6 Å². The molecule has 0 bridgehead atoms. The first-order chi connectivity index (χ1) is 14.9. The van der Waals surface area contributed by atoms with Gasteiger partial charge in [-0.1, -0.05) is 43.2 Å². The quantitative estimate of drug-likeness (QED) is 0.755. The summed E-state index contributed by atoms with van der Waals surface area (Å²) in [5, 5.41) is 13.1. The van der Waals surface area contributed by atoms with Gasteiger partial charge in [0.05, 0.1) is 12.1 Å². The highest BCUT2D eigenvalue weighted by Crippen LogP contribution is 2.38. The Kier molecular flexibility index (Phi) is 6.11. The number of tetrazole rings is 1. The number of benzene rings is 1. The zero-order chi connectivity index (χ0) is 20.2. The topological polar surface area (TPSA) is 59.3 Å². The van der Waals surface area contributed by atoms with Crippen molar-refractivity contribution in [3.63, 3.8) is 0 Å². The predicted molar refractivity (Wildman–Crippen MR) is 115 cm³/mol. The summed E-state index contributed by atoms with van der Waals surface area (Å²) >= 11 is 0. The highest BCUT2D eigenvalue weighted by molar-refractivity contribution is 5.16. The molecular weight excluding hydrogens is 376 g/mol. The van der Waals surface area contributed by atoms with E-state index in [9.17, 15) is 0 Å². The molecule has 2 aliphatic heterocycles. The lowest BCUT2D eigenvalue weighted by Crippen LogP contribution is -2.52. The van der Waals surface area contributed by atoms with E-state index in [1.165, 1.54) is 44.2 Å². The lowest BCUT2D eigenvalue weighted by molar-refractivity contribution is -0.0383. The van der Waals surface area contributed by atoms with Gasteiger partial charge in [0, 0.05) is 38.9 Å². The molecule has 2 saturated heterocycles. The standard InChI is InChI=1S/C23H34N6O/c1-2-7-20(8-3-1)19-29-22(24-25-26-29)23(11-17-30-18-12-23)28-14-6-13-27(15-16-28)21-9-4-5-10-21/h1-3,7-8,21H,4-6,9-19H2. The molecule has 0 unspecified atom stereocenters. The summed E-state index contributed by atoms with van der Waals surface area (Å²) in [5.41, 5.74) is 1.11.